The molecule has 21 heavy (non-hydrogen) atoms. The van der Waals surface area contributed by atoms with Crippen LogP contribution >= 0.6 is 11.6 Å². The van der Waals surface area contributed by atoms with Gasteiger partial charge >= 0.3 is 0 Å². The minimum Gasteiger partial charge on any atom is -0.492 e. The third kappa shape index (κ3) is 5.17. The van der Waals surface area contributed by atoms with Gasteiger partial charge < -0.3 is 15.0 Å². The molecule has 1 saturated carbocycles. The van der Waals surface area contributed by atoms with E-state index in [0.29, 0.717) is 6.61 Å². The van der Waals surface area contributed by atoms with Crippen molar-refractivity contribution >= 4 is 11.6 Å². The smallest absolute Gasteiger partial charge is 0.120 e. The van der Waals surface area contributed by atoms with Gasteiger partial charge in [-0.25, -0.2) is 0 Å². The number of hydrogen-bond acceptors (Lipinski definition) is 3. The Morgan fingerprint density at radius 1 is 1.43 bits per heavy atom. The van der Waals surface area contributed by atoms with Gasteiger partial charge in [-0.3, -0.25) is 0 Å². The van der Waals surface area contributed by atoms with Gasteiger partial charge in [-0.05, 0) is 57.5 Å². The SMILES string of the molecule is CCCNC(C)c1ccc(OCCN(C)C2CC2)cc1Cl. The molecule has 1 unspecified atom stereocenters. The van der Waals surface area contributed by atoms with Gasteiger partial charge in [0, 0.05) is 23.7 Å². The lowest BCUT2D eigenvalue weighted by atomic mass is 10.1. The van der Waals surface area contributed by atoms with Crippen LogP contribution in [-0.2, 0) is 0 Å². The molecule has 1 aliphatic rings. The zero-order chi connectivity index (χ0) is 15.2. The Morgan fingerprint density at radius 3 is 2.81 bits per heavy atom. The van der Waals surface area contributed by atoms with Crippen LogP contribution in [0.4, 0.5) is 0 Å². The Balaban J connectivity index is 1.82. The summed E-state index contributed by atoms with van der Waals surface area (Å²) in [5.74, 6) is 0.857. The summed E-state index contributed by atoms with van der Waals surface area (Å²) in [4.78, 5) is 2.37. The quantitative estimate of drug-likeness (QED) is 0.749. The summed E-state index contributed by atoms with van der Waals surface area (Å²) in [5.41, 5.74) is 1.13. The molecule has 0 aliphatic heterocycles. The van der Waals surface area contributed by atoms with E-state index < -0.39 is 0 Å². The number of ether oxygens (including phenoxy) is 1. The molecule has 1 atom stereocenters. The van der Waals surface area contributed by atoms with Gasteiger partial charge in [0.25, 0.3) is 0 Å². The van der Waals surface area contributed by atoms with Gasteiger partial charge in [-0.15, -0.1) is 0 Å². The van der Waals surface area contributed by atoms with Crippen LogP contribution in [0.1, 0.15) is 44.7 Å². The molecular weight excluding hydrogens is 284 g/mol. The summed E-state index contributed by atoms with van der Waals surface area (Å²) in [6.07, 6.45) is 3.79. The van der Waals surface area contributed by atoms with Crippen molar-refractivity contribution in [3.05, 3.63) is 28.8 Å². The van der Waals surface area contributed by atoms with Gasteiger partial charge in [0.15, 0.2) is 0 Å². The van der Waals surface area contributed by atoms with Crippen molar-refractivity contribution in [1.29, 1.82) is 0 Å². The fourth-order valence-electron chi connectivity index (χ4n) is 2.42. The number of nitrogens with one attached hydrogen (secondary N) is 1. The van der Waals surface area contributed by atoms with Crippen LogP contribution in [-0.4, -0.2) is 37.7 Å². The maximum Gasteiger partial charge on any atom is 0.120 e. The predicted molar refractivity (Wildman–Crippen MR) is 89.3 cm³/mol. The molecule has 0 aromatic heterocycles. The molecule has 0 heterocycles. The average molecular weight is 311 g/mol. The molecule has 1 N–H and O–H groups in total. The molecular formula is C17H27ClN2O. The third-order valence-electron chi connectivity index (χ3n) is 4.02. The lowest BCUT2D eigenvalue weighted by molar-refractivity contribution is 0.232. The van der Waals surface area contributed by atoms with E-state index in [1.54, 1.807) is 0 Å². The van der Waals surface area contributed by atoms with Gasteiger partial charge in [0.05, 0.1) is 0 Å². The summed E-state index contributed by atoms with van der Waals surface area (Å²) in [5, 5.41) is 4.23. The van der Waals surface area contributed by atoms with E-state index in [1.165, 1.54) is 12.8 Å². The summed E-state index contributed by atoms with van der Waals surface area (Å²) >= 11 is 6.37. The molecule has 2 rings (SSSR count). The van der Waals surface area contributed by atoms with Crippen LogP contribution in [0, 0.1) is 0 Å². The zero-order valence-corrected chi connectivity index (χ0v) is 14.1. The van der Waals surface area contributed by atoms with E-state index in [0.717, 1.165) is 41.9 Å². The van der Waals surface area contributed by atoms with Crippen LogP contribution in [0.2, 0.25) is 5.02 Å². The number of halogens is 1. The first kappa shape index (κ1) is 16.6. The highest BCUT2D eigenvalue weighted by Gasteiger charge is 2.25. The molecule has 118 valence electrons. The molecule has 4 heteroatoms. The summed E-state index contributed by atoms with van der Waals surface area (Å²) in [7, 11) is 2.16. The molecule has 0 bridgehead atoms. The standard InChI is InChI=1S/C17H27ClN2O/c1-4-9-19-13(2)16-8-7-15(12-17(16)18)21-11-10-20(3)14-5-6-14/h7-8,12-14,19H,4-6,9-11H2,1-3H3. The Labute approximate surface area is 133 Å². The second-order valence-electron chi connectivity index (χ2n) is 5.92. The Hall–Kier alpha value is -0.770. The number of nitrogens with zero attached hydrogens (tertiary/aromatic N) is 1. The molecule has 1 aliphatic carbocycles. The lowest BCUT2D eigenvalue weighted by Gasteiger charge is -2.18. The van der Waals surface area contributed by atoms with Gasteiger partial charge in [-0.2, -0.15) is 0 Å². The molecule has 0 spiro atoms. The Morgan fingerprint density at radius 2 is 2.19 bits per heavy atom. The van der Waals surface area contributed by atoms with E-state index in [-0.39, 0.29) is 6.04 Å². The summed E-state index contributed by atoms with van der Waals surface area (Å²) in [6, 6.07) is 7.06. The van der Waals surface area contributed by atoms with E-state index in [1.807, 2.05) is 12.1 Å². The van der Waals surface area contributed by atoms with Crippen molar-refractivity contribution in [2.24, 2.45) is 0 Å². The van der Waals surface area contributed by atoms with E-state index in [2.05, 4.69) is 37.2 Å². The molecule has 1 aromatic carbocycles. The normalized spacial score (nSPS) is 16.2. The highest BCUT2D eigenvalue weighted by molar-refractivity contribution is 6.31. The second-order valence-corrected chi connectivity index (χ2v) is 6.33. The lowest BCUT2D eigenvalue weighted by Crippen LogP contribution is -2.26. The molecule has 1 aromatic rings. The maximum atomic E-state index is 6.37. The predicted octanol–water partition coefficient (Wildman–Crippen LogP) is 3.87. The van der Waals surface area contributed by atoms with Crippen molar-refractivity contribution < 1.29 is 4.74 Å². The Bertz CT molecular complexity index is 448. The minimum atomic E-state index is 0.271. The minimum absolute atomic E-state index is 0.271. The fraction of sp³-hybridized carbons (Fsp3) is 0.647. The third-order valence-corrected chi connectivity index (χ3v) is 4.35. The van der Waals surface area contributed by atoms with Crippen molar-refractivity contribution in [3.63, 3.8) is 0 Å². The van der Waals surface area contributed by atoms with Crippen LogP contribution in [0.15, 0.2) is 18.2 Å². The molecule has 3 nitrogen and oxygen atoms in total. The summed E-state index contributed by atoms with van der Waals surface area (Å²) in [6.45, 7) is 6.99. The molecule has 0 saturated heterocycles. The summed E-state index contributed by atoms with van der Waals surface area (Å²) < 4.78 is 5.80. The van der Waals surface area contributed by atoms with E-state index in [4.69, 9.17) is 16.3 Å². The monoisotopic (exact) mass is 310 g/mol. The maximum absolute atomic E-state index is 6.37. The number of benzene rings is 1. The van der Waals surface area contributed by atoms with Crippen molar-refractivity contribution in [3.8, 4) is 5.75 Å². The van der Waals surface area contributed by atoms with Crippen molar-refractivity contribution in [1.82, 2.24) is 10.2 Å². The van der Waals surface area contributed by atoms with Gasteiger partial charge in [0.1, 0.15) is 12.4 Å². The van der Waals surface area contributed by atoms with Crippen molar-refractivity contribution in [2.75, 3.05) is 26.7 Å². The zero-order valence-electron chi connectivity index (χ0n) is 13.4. The molecule has 1 fully saturated rings. The first-order chi connectivity index (χ1) is 10.1. The van der Waals surface area contributed by atoms with Crippen LogP contribution in [0.25, 0.3) is 0 Å². The van der Waals surface area contributed by atoms with Gasteiger partial charge in [-0.1, -0.05) is 24.6 Å². The van der Waals surface area contributed by atoms with Crippen LogP contribution in [0.5, 0.6) is 5.75 Å². The second kappa shape index (κ2) is 8.02. The number of hydrogen-bond donors (Lipinski definition) is 1. The molecule has 0 radical (unpaired) electrons. The van der Waals surface area contributed by atoms with Crippen molar-refractivity contribution in [2.45, 2.75) is 45.2 Å². The Kier molecular flexibility index (Phi) is 6.34. The molecule has 0 amide bonds. The fourth-order valence-corrected chi connectivity index (χ4v) is 2.76. The van der Waals surface area contributed by atoms with Crippen LogP contribution in [0.3, 0.4) is 0 Å². The first-order valence-corrected chi connectivity index (χ1v) is 8.35. The van der Waals surface area contributed by atoms with E-state index >= 15 is 0 Å². The first-order valence-electron chi connectivity index (χ1n) is 7.97. The average Bonchev–Trinajstić information content (AvgIpc) is 3.29. The van der Waals surface area contributed by atoms with Crippen LogP contribution < -0.4 is 10.1 Å². The van der Waals surface area contributed by atoms with Gasteiger partial charge in [0.2, 0.25) is 0 Å². The highest BCUT2D eigenvalue weighted by atomic mass is 35.5. The topological polar surface area (TPSA) is 24.5 Å². The highest BCUT2D eigenvalue weighted by Crippen LogP contribution is 2.28. The largest absolute Gasteiger partial charge is 0.492 e. The number of rotatable bonds is 9. The number of likely N-dealkylation sites (N-methyl/N-ethyl adjacent to an activating group) is 1. The van der Waals surface area contributed by atoms with E-state index in [9.17, 15) is 0 Å².